The highest BCUT2D eigenvalue weighted by Gasteiger charge is 2.03. The average Bonchev–Trinajstić information content (AvgIpc) is 2.76. The zero-order chi connectivity index (χ0) is 12.7. The Balaban J connectivity index is 2.48. The molecule has 5 heteroatoms. The van der Waals surface area contributed by atoms with Crippen molar-refractivity contribution in [2.45, 2.75) is 20.3 Å². The second-order valence-electron chi connectivity index (χ2n) is 3.60. The molecule has 0 aliphatic rings. The smallest absolute Gasteiger partial charge is 0.328 e. The number of nitrogens with zero attached hydrogens (tertiary/aromatic N) is 2. The summed E-state index contributed by atoms with van der Waals surface area (Å²) in [5.41, 5.74) is 0. The molecule has 0 amide bonds. The number of hydrogen-bond donors (Lipinski definition) is 1. The normalized spacial score (nSPS) is 11.5. The number of likely N-dealkylation sites (N-methyl/N-ethyl adjacent to an activating group) is 1. The van der Waals surface area contributed by atoms with E-state index in [1.807, 2.05) is 0 Å². The molecular formula is C12H18N2O2S. The molecule has 17 heavy (non-hydrogen) atoms. The number of rotatable bonds is 7. The monoisotopic (exact) mass is 254 g/mol. The minimum absolute atomic E-state index is 0.891. The van der Waals surface area contributed by atoms with Crippen LogP contribution in [-0.4, -0.2) is 40.6 Å². The maximum absolute atomic E-state index is 10.4. The molecule has 0 fully saturated rings. The summed E-state index contributed by atoms with van der Waals surface area (Å²) < 4.78 is 0. The van der Waals surface area contributed by atoms with Crippen LogP contribution in [0.25, 0.3) is 6.08 Å². The lowest BCUT2D eigenvalue weighted by molar-refractivity contribution is -0.131. The zero-order valence-corrected chi connectivity index (χ0v) is 11.0. The molecular weight excluding hydrogens is 236 g/mol. The molecule has 1 rings (SSSR count). The van der Waals surface area contributed by atoms with Crippen LogP contribution in [-0.2, 0) is 11.2 Å². The predicted molar refractivity (Wildman–Crippen MR) is 70.3 cm³/mol. The van der Waals surface area contributed by atoms with Crippen molar-refractivity contribution in [2.24, 2.45) is 0 Å². The summed E-state index contributed by atoms with van der Waals surface area (Å²) in [7, 11) is 0. The number of hydrogen-bond acceptors (Lipinski definition) is 4. The molecule has 1 aromatic rings. The van der Waals surface area contributed by atoms with Gasteiger partial charge in [-0.2, -0.15) is 0 Å². The van der Waals surface area contributed by atoms with E-state index in [4.69, 9.17) is 5.11 Å². The predicted octanol–water partition coefficient (Wildman–Crippen LogP) is 2.13. The van der Waals surface area contributed by atoms with Crippen molar-refractivity contribution >= 4 is 23.4 Å². The quantitative estimate of drug-likeness (QED) is 0.757. The highest BCUT2D eigenvalue weighted by molar-refractivity contribution is 7.12. The van der Waals surface area contributed by atoms with Crippen LogP contribution in [0.15, 0.2) is 12.3 Å². The maximum atomic E-state index is 10.4. The molecule has 4 nitrogen and oxygen atoms in total. The van der Waals surface area contributed by atoms with Gasteiger partial charge in [-0.1, -0.05) is 13.8 Å². The molecule has 0 bridgehead atoms. The highest BCUT2D eigenvalue weighted by atomic mass is 32.1. The lowest BCUT2D eigenvalue weighted by Crippen LogP contribution is -2.25. The van der Waals surface area contributed by atoms with E-state index >= 15 is 0 Å². The fourth-order valence-electron chi connectivity index (χ4n) is 1.46. The Morgan fingerprint density at radius 2 is 2.24 bits per heavy atom. The van der Waals surface area contributed by atoms with Crippen molar-refractivity contribution < 1.29 is 9.90 Å². The van der Waals surface area contributed by atoms with Crippen LogP contribution >= 0.6 is 11.3 Å². The van der Waals surface area contributed by atoms with Crippen molar-refractivity contribution in [1.29, 1.82) is 0 Å². The lowest BCUT2D eigenvalue weighted by atomic mass is 10.4. The Hall–Kier alpha value is -1.20. The van der Waals surface area contributed by atoms with E-state index in [1.54, 1.807) is 23.6 Å². The highest BCUT2D eigenvalue weighted by Crippen LogP contribution is 2.15. The van der Waals surface area contributed by atoms with Crippen LogP contribution in [0.1, 0.15) is 23.7 Å². The number of carboxylic acid groups (broad SMARTS) is 1. The van der Waals surface area contributed by atoms with Crippen LogP contribution in [0.5, 0.6) is 0 Å². The van der Waals surface area contributed by atoms with E-state index < -0.39 is 5.97 Å². The molecule has 0 radical (unpaired) electrons. The summed E-state index contributed by atoms with van der Waals surface area (Å²) >= 11 is 1.55. The van der Waals surface area contributed by atoms with Gasteiger partial charge in [-0.25, -0.2) is 9.78 Å². The molecule has 94 valence electrons. The number of carboxylic acids is 1. The van der Waals surface area contributed by atoms with Gasteiger partial charge in [-0.3, -0.25) is 0 Å². The van der Waals surface area contributed by atoms with Crippen molar-refractivity contribution in [2.75, 3.05) is 19.6 Å². The van der Waals surface area contributed by atoms with Gasteiger partial charge in [-0.05, 0) is 19.2 Å². The fourth-order valence-corrected chi connectivity index (χ4v) is 2.28. The van der Waals surface area contributed by atoms with Gasteiger partial charge in [0.1, 0.15) is 0 Å². The Labute approximate surface area is 106 Å². The van der Waals surface area contributed by atoms with E-state index in [-0.39, 0.29) is 0 Å². The standard InChI is InChI=1S/C12H18N2O2S/c1-3-14(4-2)8-7-11-13-9-10(17-11)5-6-12(15)16/h5-6,9H,3-4,7-8H2,1-2H3,(H,15,16)/b6-5+. The summed E-state index contributed by atoms with van der Waals surface area (Å²) in [6.07, 6.45) is 5.37. The van der Waals surface area contributed by atoms with Gasteiger partial charge in [0.05, 0.1) is 5.01 Å². The van der Waals surface area contributed by atoms with Gasteiger partial charge >= 0.3 is 5.97 Å². The molecule has 0 aromatic carbocycles. The van der Waals surface area contributed by atoms with Crippen molar-refractivity contribution in [1.82, 2.24) is 9.88 Å². The zero-order valence-electron chi connectivity index (χ0n) is 10.2. The third-order valence-electron chi connectivity index (χ3n) is 2.50. The summed E-state index contributed by atoms with van der Waals surface area (Å²) in [4.78, 5) is 17.9. The van der Waals surface area contributed by atoms with Crippen LogP contribution in [0.2, 0.25) is 0 Å². The second kappa shape index (κ2) is 7.19. The number of aromatic nitrogens is 1. The van der Waals surface area contributed by atoms with Gasteiger partial charge in [0, 0.05) is 30.1 Å². The molecule has 0 aliphatic heterocycles. The van der Waals surface area contributed by atoms with Gasteiger partial charge in [-0.15, -0.1) is 11.3 Å². The molecule has 0 spiro atoms. The number of aliphatic carboxylic acids is 1. The van der Waals surface area contributed by atoms with Gasteiger partial charge in [0.15, 0.2) is 0 Å². The average molecular weight is 254 g/mol. The minimum Gasteiger partial charge on any atom is -0.478 e. The van der Waals surface area contributed by atoms with E-state index in [0.717, 1.165) is 42.0 Å². The third kappa shape index (κ3) is 5.10. The first-order valence-corrected chi connectivity index (χ1v) is 6.55. The summed E-state index contributed by atoms with van der Waals surface area (Å²) in [5.74, 6) is -0.928. The third-order valence-corrected chi connectivity index (χ3v) is 3.52. The van der Waals surface area contributed by atoms with Crippen molar-refractivity contribution in [3.8, 4) is 0 Å². The van der Waals surface area contributed by atoms with Gasteiger partial charge in [0.25, 0.3) is 0 Å². The molecule has 0 unspecified atom stereocenters. The second-order valence-corrected chi connectivity index (χ2v) is 4.75. The molecule has 1 N–H and O–H groups in total. The van der Waals surface area contributed by atoms with Crippen LogP contribution in [0.3, 0.4) is 0 Å². The first kappa shape index (κ1) is 13.9. The summed E-state index contributed by atoms with van der Waals surface area (Å²) in [6, 6.07) is 0. The number of carbonyl (C=O) groups is 1. The van der Waals surface area contributed by atoms with Crippen LogP contribution < -0.4 is 0 Å². The Kier molecular flexibility index (Phi) is 5.86. The van der Waals surface area contributed by atoms with E-state index in [9.17, 15) is 4.79 Å². The largest absolute Gasteiger partial charge is 0.478 e. The van der Waals surface area contributed by atoms with Crippen molar-refractivity contribution in [3.05, 3.63) is 22.2 Å². The number of thiazole rings is 1. The summed E-state index contributed by atoms with van der Waals surface area (Å²) in [5, 5.41) is 9.57. The Morgan fingerprint density at radius 1 is 1.53 bits per heavy atom. The molecule has 0 saturated heterocycles. The molecule has 0 saturated carbocycles. The lowest BCUT2D eigenvalue weighted by Gasteiger charge is -2.16. The maximum Gasteiger partial charge on any atom is 0.328 e. The van der Waals surface area contributed by atoms with E-state index in [1.165, 1.54) is 0 Å². The van der Waals surface area contributed by atoms with Gasteiger partial charge < -0.3 is 10.0 Å². The first-order valence-electron chi connectivity index (χ1n) is 5.73. The van der Waals surface area contributed by atoms with Crippen molar-refractivity contribution in [3.63, 3.8) is 0 Å². The first-order chi connectivity index (χ1) is 8.15. The van der Waals surface area contributed by atoms with Gasteiger partial charge in [0.2, 0.25) is 0 Å². The minimum atomic E-state index is -0.928. The molecule has 0 aliphatic carbocycles. The Bertz CT molecular complexity index is 384. The molecule has 1 aromatic heterocycles. The fraction of sp³-hybridized carbons (Fsp3) is 0.500. The summed E-state index contributed by atoms with van der Waals surface area (Å²) in [6.45, 7) is 7.39. The van der Waals surface area contributed by atoms with Crippen LogP contribution in [0, 0.1) is 0 Å². The van der Waals surface area contributed by atoms with Crippen LogP contribution in [0.4, 0.5) is 0 Å². The molecule has 1 heterocycles. The molecule has 0 atom stereocenters. The van der Waals surface area contributed by atoms with E-state index in [0.29, 0.717) is 0 Å². The van der Waals surface area contributed by atoms with E-state index in [2.05, 4.69) is 23.7 Å². The Morgan fingerprint density at radius 3 is 2.82 bits per heavy atom. The topological polar surface area (TPSA) is 53.4 Å². The SMILES string of the molecule is CCN(CC)CCc1ncc(/C=C/C(=O)O)s1.